The van der Waals surface area contributed by atoms with E-state index in [0.29, 0.717) is 23.5 Å². The highest BCUT2D eigenvalue weighted by atomic mass is 16.5. The van der Waals surface area contributed by atoms with Gasteiger partial charge in [0.25, 0.3) is 0 Å². The Kier molecular flexibility index (Phi) is 5.43. The molecule has 2 saturated heterocycles. The van der Waals surface area contributed by atoms with Crippen LogP contribution in [0.1, 0.15) is 68.2 Å². The number of likely N-dealkylation sites (tertiary alicyclic amines) is 1. The Hall–Kier alpha value is -2.74. The van der Waals surface area contributed by atoms with Gasteiger partial charge in [0.05, 0.1) is 31.1 Å². The van der Waals surface area contributed by atoms with Gasteiger partial charge in [-0.2, -0.15) is 5.10 Å². The van der Waals surface area contributed by atoms with Gasteiger partial charge in [-0.25, -0.2) is 9.50 Å². The Morgan fingerprint density at radius 2 is 1.91 bits per heavy atom. The number of aromatic amines is 1. The summed E-state index contributed by atoms with van der Waals surface area (Å²) >= 11 is 0. The lowest BCUT2D eigenvalue weighted by molar-refractivity contribution is -0.0712. The number of pyridine rings is 1. The van der Waals surface area contributed by atoms with Crippen LogP contribution in [0.25, 0.3) is 27.8 Å². The average Bonchev–Trinajstić information content (AvgIpc) is 3.41. The summed E-state index contributed by atoms with van der Waals surface area (Å²) < 4.78 is 7.16. The largest absolute Gasteiger partial charge is 0.389 e. The van der Waals surface area contributed by atoms with Gasteiger partial charge in [0, 0.05) is 28.2 Å². The fourth-order valence-electron chi connectivity index (χ4n) is 5.74. The molecular formula is C27H33N5O2. The summed E-state index contributed by atoms with van der Waals surface area (Å²) in [6.07, 6.45) is 5.33. The molecule has 0 aliphatic carbocycles. The zero-order valence-corrected chi connectivity index (χ0v) is 20.2. The summed E-state index contributed by atoms with van der Waals surface area (Å²) in [6.45, 7) is 10.4. The highest BCUT2D eigenvalue weighted by Crippen LogP contribution is 2.39. The van der Waals surface area contributed by atoms with Gasteiger partial charge in [-0.15, -0.1) is 0 Å². The molecule has 6 rings (SSSR count). The van der Waals surface area contributed by atoms with Crippen molar-refractivity contribution in [1.29, 1.82) is 0 Å². The maximum absolute atomic E-state index is 10.4. The fraction of sp³-hybridized carbons (Fsp3) is 0.481. The molecule has 0 saturated carbocycles. The van der Waals surface area contributed by atoms with Gasteiger partial charge < -0.3 is 14.8 Å². The van der Waals surface area contributed by atoms with Crippen LogP contribution < -0.4 is 0 Å². The van der Waals surface area contributed by atoms with Crippen LogP contribution in [0.15, 0.2) is 36.8 Å². The van der Waals surface area contributed by atoms with Crippen LogP contribution in [-0.2, 0) is 4.74 Å². The lowest BCUT2D eigenvalue weighted by Crippen LogP contribution is -2.51. The number of ether oxygens (including phenoxy) is 1. The van der Waals surface area contributed by atoms with Gasteiger partial charge in [0.1, 0.15) is 6.33 Å². The number of rotatable bonds is 5. The zero-order chi connectivity index (χ0) is 23.4. The summed E-state index contributed by atoms with van der Waals surface area (Å²) in [5.41, 5.74) is 7.52. The molecule has 34 heavy (non-hydrogen) atoms. The van der Waals surface area contributed by atoms with Crippen molar-refractivity contribution in [3.8, 4) is 11.3 Å². The maximum atomic E-state index is 10.4. The summed E-state index contributed by atoms with van der Waals surface area (Å²) in [6, 6.07) is 9.65. The van der Waals surface area contributed by atoms with Crippen LogP contribution in [0, 0.1) is 0 Å². The number of nitrogens with zero attached hydrogens (tertiary/aromatic N) is 4. The SMILES string of the molecule is CC(C)c1c(-c2cc(C(C)O)c3ncnn3c2)[nH]c2ccc(C3CCN(C4COC4)CC3)cc12. The first-order chi connectivity index (χ1) is 16.5. The van der Waals surface area contributed by atoms with Crippen molar-refractivity contribution in [3.63, 3.8) is 0 Å². The van der Waals surface area contributed by atoms with Gasteiger partial charge in [-0.05, 0) is 74.0 Å². The van der Waals surface area contributed by atoms with E-state index in [-0.39, 0.29) is 0 Å². The van der Waals surface area contributed by atoms with E-state index in [2.05, 4.69) is 52.0 Å². The molecule has 5 heterocycles. The van der Waals surface area contributed by atoms with Crippen molar-refractivity contribution < 1.29 is 9.84 Å². The molecule has 0 bridgehead atoms. The number of H-pyrrole nitrogens is 1. The van der Waals surface area contributed by atoms with E-state index in [1.165, 1.54) is 35.7 Å². The first kappa shape index (κ1) is 21.8. The summed E-state index contributed by atoms with van der Waals surface area (Å²) in [5.74, 6) is 0.953. The molecular weight excluding hydrogens is 426 g/mol. The predicted molar refractivity (Wildman–Crippen MR) is 133 cm³/mol. The molecule has 3 aromatic heterocycles. The molecule has 178 valence electrons. The normalized spacial score (nSPS) is 19.3. The summed E-state index contributed by atoms with van der Waals surface area (Å²) in [7, 11) is 0. The Balaban J connectivity index is 1.39. The van der Waals surface area contributed by atoms with E-state index in [9.17, 15) is 5.11 Å². The molecule has 1 atom stereocenters. The lowest BCUT2D eigenvalue weighted by atomic mass is 9.87. The minimum atomic E-state index is -0.623. The number of piperidine rings is 1. The Morgan fingerprint density at radius 1 is 1.12 bits per heavy atom. The van der Waals surface area contributed by atoms with Gasteiger partial charge in [0.2, 0.25) is 0 Å². The summed E-state index contributed by atoms with van der Waals surface area (Å²) in [5, 5.41) is 16.0. The number of hydrogen-bond acceptors (Lipinski definition) is 5. The molecule has 1 unspecified atom stereocenters. The van der Waals surface area contributed by atoms with Crippen molar-refractivity contribution in [2.75, 3.05) is 26.3 Å². The maximum Gasteiger partial charge on any atom is 0.161 e. The number of fused-ring (bicyclic) bond motifs is 2. The standard InChI is InChI=1S/C27H33N5O2/c1-16(2)25-23-10-19(18-6-8-31(9-7-18)21-13-34-14-21)4-5-24(23)30-26(25)20-11-22(17(3)33)27-28-15-29-32(27)12-20/h4-5,10-12,15-18,21,30,33H,6-9,13-14H2,1-3H3. The zero-order valence-electron chi connectivity index (χ0n) is 20.2. The molecule has 2 aliphatic heterocycles. The number of nitrogens with one attached hydrogen (secondary N) is 1. The molecule has 2 N–H and O–H groups in total. The summed E-state index contributed by atoms with van der Waals surface area (Å²) in [4.78, 5) is 10.6. The molecule has 7 nitrogen and oxygen atoms in total. The molecule has 2 aliphatic rings. The molecule has 1 aromatic carbocycles. The third-order valence-corrected chi connectivity index (χ3v) is 7.72. The van der Waals surface area contributed by atoms with E-state index >= 15 is 0 Å². The molecule has 0 amide bonds. The first-order valence-corrected chi connectivity index (χ1v) is 12.5. The fourth-order valence-corrected chi connectivity index (χ4v) is 5.74. The van der Waals surface area contributed by atoms with E-state index in [4.69, 9.17) is 4.74 Å². The minimum absolute atomic E-state index is 0.348. The average molecular weight is 460 g/mol. The van der Waals surface area contributed by atoms with Crippen molar-refractivity contribution in [2.45, 2.75) is 57.6 Å². The third kappa shape index (κ3) is 3.63. The number of aromatic nitrogens is 4. The van der Waals surface area contributed by atoms with Crippen LogP contribution >= 0.6 is 0 Å². The van der Waals surface area contributed by atoms with Crippen LogP contribution in [0.2, 0.25) is 0 Å². The molecule has 4 aromatic rings. The van der Waals surface area contributed by atoms with Crippen molar-refractivity contribution >= 4 is 16.6 Å². The monoisotopic (exact) mass is 459 g/mol. The number of benzene rings is 1. The smallest absolute Gasteiger partial charge is 0.161 e. The van der Waals surface area contributed by atoms with Crippen molar-refractivity contribution in [1.82, 2.24) is 24.5 Å². The van der Waals surface area contributed by atoms with Crippen LogP contribution in [0.3, 0.4) is 0 Å². The molecule has 0 spiro atoms. The Bertz CT molecular complexity index is 1330. The number of aliphatic hydroxyl groups is 1. The topological polar surface area (TPSA) is 78.7 Å². The second kappa shape index (κ2) is 8.48. The first-order valence-electron chi connectivity index (χ1n) is 12.5. The van der Waals surface area contributed by atoms with Crippen LogP contribution in [0.5, 0.6) is 0 Å². The van der Waals surface area contributed by atoms with Gasteiger partial charge in [0.15, 0.2) is 5.65 Å². The third-order valence-electron chi connectivity index (χ3n) is 7.72. The molecule has 0 radical (unpaired) electrons. The molecule has 7 heteroatoms. The van der Waals surface area contributed by atoms with Crippen molar-refractivity contribution in [3.05, 3.63) is 53.5 Å². The quantitative estimate of drug-likeness (QED) is 0.455. The van der Waals surface area contributed by atoms with Gasteiger partial charge in [-0.1, -0.05) is 19.9 Å². The second-order valence-corrected chi connectivity index (χ2v) is 10.3. The molecule has 2 fully saturated rings. The number of aliphatic hydroxyl groups excluding tert-OH is 1. The van der Waals surface area contributed by atoms with E-state index in [0.717, 1.165) is 48.6 Å². The van der Waals surface area contributed by atoms with E-state index in [1.54, 1.807) is 11.4 Å². The van der Waals surface area contributed by atoms with Crippen LogP contribution in [0.4, 0.5) is 0 Å². The lowest BCUT2D eigenvalue weighted by Gasteiger charge is -2.41. The van der Waals surface area contributed by atoms with Crippen molar-refractivity contribution in [2.24, 2.45) is 0 Å². The predicted octanol–water partition coefficient (Wildman–Crippen LogP) is 4.63. The Morgan fingerprint density at radius 3 is 2.59 bits per heavy atom. The van der Waals surface area contributed by atoms with E-state index < -0.39 is 6.10 Å². The second-order valence-electron chi connectivity index (χ2n) is 10.3. The Labute approximate surface area is 199 Å². The van der Waals surface area contributed by atoms with E-state index in [1.807, 2.05) is 12.3 Å². The highest BCUT2D eigenvalue weighted by Gasteiger charge is 2.30. The minimum Gasteiger partial charge on any atom is -0.389 e. The van der Waals surface area contributed by atoms with Crippen LogP contribution in [-0.4, -0.2) is 61.9 Å². The number of hydrogen-bond donors (Lipinski definition) is 2. The van der Waals surface area contributed by atoms with Gasteiger partial charge in [-0.3, -0.25) is 4.90 Å². The highest BCUT2D eigenvalue weighted by molar-refractivity contribution is 5.92. The van der Waals surface area contributed by atoms with Gasteiger partial charge >= 0.3 is 0 Å².